The molecule has 0 N–H and O–H groups in total. The van der Waals surface area contributed by atoms with Crippen LogP contribution in [0.5, 0.6) is 0 Å². The molecule has 130 valence electrons. The zero-order valence-electron chi connectivity index (χ0n) is 13.5. The Labute approximate surface area is 156 Å². The average molecular weight is 384 g/mol. The van der Waals surface area contributed by atoms with Gasteiger partial charge in [-0.2, -0.15) is 5.10 Å². The molecular formula is C18H12N2O4S2. The maximum atomic E-state index is 12.3. The first-order valence-electron chi connectivity index (χ1n) is 7.57. The van der Waals surface area contributed by atoms with E-state index in [-0.39, 0.29) is 5.91 Å². The van der Waals surface area contributed by atoms with Crippen LogP contribution in [0.4, 0.5) is 0 Å². The van der Waals surface area contributed by atoms with E-state index < -0.39 is 5.97 Å². The van der Waals surface area contributed by atoms with Crippen LogP contribution in [0, 0.1) is 0 Å². The molecule has 0 aliphatic heterocycles. The topological polar surface area (TPSA) is 74.3 Å². The minimum absolute atomic E-state index is 0.191. The Balaban J connectivity index is 1.63. The smallest absolute Gasteiger partial charge is 0.348 e. The van der Waals surface area contributed by atoms with E-state index >= 15 is 0 Å². The van der Waals surface area contributed by atoms with E-state index in [0.29, 0.717) is 32.5 Å². The molecule has 0 radical (unpaired) electrons. The van der Waals surface area contributed by atoms with Crippen LogP contribution < -0.4 is 0 Å². The summed E-state index contributed by atoms with van der Waals surface area (Å²) in [5.41, 5.74) is 1.21. The maximum Gasteiger partial charge on any atom is 0.348 e. The lowest BCUT2D eigenvalue weighted by molar-refractivity contribution is 0.0606. The summed E-state index contributed by atoms with van der Waals surface area (Å²) >= 11 is 2.65. The molecule has 26 heavy (non-hydrogen) atoms. The van der Waals surface area contributed by atoms with Crippen molar-refractivity contribution in [2.75, 3.05) is 7.11 Å². The fraction of sp³-hybridized carbons (Fsp3) is 0.0556. The molecule has 4 heterocycles. The van der Waals surface area contributed by atoms with Crippen molar-refractivity contribution >= 4 is 34.6 Å². The molecule has 6 nitrogen and oxygen atoms in total. The Bertz CT molecular complexity index is 1070. The minimum Gasteiger partial charge on any atom is -0.465 e. The zero-order chi connectivity index (χ0) is 18.1. The second kappa shape index (κ2) is 6.74. The van der Waals surface area contributed by atoms with E-state index in [1.54, 1.807) is 41.9 Å². The van der Waals surface area contributed by atoms with Gasteiger partial charge in [0, 0.05) is 11.8 Å². The molecule has 0 atom stereocenters. The van der Waals surface area contributed by atoms with Gasteiger partial charge in [-0.1, -0.05) is 6.07 Å². The number of hydrogen-bond acceptors (Lipinski definition) is 7. The lowest BCUT2D eigenvalue weighted by atomic mass is 10.2. The Morgan fingerprint density at radius 1 is 1.08 bits per heavy atom. The van der Waals surface area contributed by atoms with Gasteiger partial charge in [-0.05, 0) is 41.1 Å². The molecule has 0 spiro atoms. The first-order valence-corrected chi connectivity index (χ1v) is 9.33. The molecular weight excluding hydrogens is 372 g/mol. The summed E-state index contributed by atoms with van der Waals surface area (Å²) in [4.78, 5) is 25.2. The van der Waals surface area contributed by atoms with E-state index in [0.717, 1.165) is 0 Å². The summed E-state index contributed by atoms with van der Waals surface area (Å²) in [5.74, 6) is 0.461. The predicted molar refractivity (Wildman–Crippen MR) is 98.6 cm³/mol. The maximum absolute atomic E-state index is 12.3. The van der Waals surface area contributed by atoms with Gasteiger partial charge in [0.15, 0.2) is 5.76 Å². The van der Waals surface area contributed by atoms with E-state index in [1.165, 1.54) is 34.5 Å². The fourth-order valence-corrected chi connectivity index (χ4v) is 3.93. The van der Waals surface area contributed by atoms with Crippen LogP contribution in [0.1, 0.15) is 19.3 Å². The molecule has 0 amide bonds. The Kier molecular flexibility index (Phi) is 4.27. The van der Waals surface area contributed by atoms with Gasteiger partial charge in [0.2, 0.25) is 0 Å². The van der Waals surface area contributed by atoms with Crippen molar-refractivity contribution in [3.63, 3.8) is 0 Å². The molecule has 4 aromatic rings. The number of ether oxygens (including phenoxy) is 1. The van der Waals surface area contributed by atoms with Gasteiger partial charge >= 0.3 is 5.97 Å². The second-order valence-corrected chi connectivity index (χ2v) is 7.11. The Morgan fingerprint density at radius 3 is 2.69 bits per heavy atom. The predicted octanol–water partition coefficient (Wildman–Crippen LogP) is 4.41. The highest BCUT2D eigenvalue weighted by Crippen LogP contribution is 2.33. The number of furan rings is 1. The number of aromatic nitrogens is 2. The molecule has 0 saturated heterocycles. The van der Waals surface area contributed by atoms with Crippen molar-refractivity contribution in [2.45, 2.75) is 0 Å². The van der Waals surface area contributed by atoms with Gasteiger partial charge in [-0.25, -0.2) is 9.48 Å². The van der Waals surface area contributed by atoms with E-state index in [9.17, 15) is 9.59 Å². The summed E-state index contributed by atoms with van der Waals surface area (Å²) in [6, 6.07) is 10.6. The lowest BCUT2D eigenvalue weighted by Crippen LogP contribution is -2.10. The fourth-order valence-electron chi connectivity index (χ4n) is 2.46. The molecule has 0 aliphatic rings. The van der Waals surface area contributed by atoms with Gasteiger partial charge in [0.05, 0.1) is 12.0 Å². The molecule has 4 aromatic heterocycles. The third-order valence-electron chi connectivity index (χ3n) is 3.69. The highest BCUT2D eigenvalue weighted by Gasteiger charge is 2.19. The number of thiophene rings is 2. The van der Waals surface area contributed by atoms with Crippen molar-refractivity contribution in [3.8, 4) is 22.8 Å². The molecule has 0 aromatic carbocycles. The number of esters is 1. The third kappa shape index (κ3) is 2.89. The lowest BCUT2D eigenvalue weighted by Gasteiger charge is -1.99. The van der Waals surface area contributed by atoms with Crippen LogP contribution in [0.2, 0.25) is 0 Å². The Hall–Kier alpha value is -2.97. The third-order valence-corrected chi connectivity index (χ3v) is 5.44. The number of carbonyl (C=O) groups is 2. The quantitative estimate of drug-likeness (QED) is 0.487. The first-order chi connectivity index (χ1) is 12.7. The van der Waals surface area contributed by atoms with E-state index in [2.05, 4.69) is 5.10 Å². The van der Waals surface area contributed by atoms with E-state index in [4.69, 9.17) is 9.15 Å². The molecule has 0 fully saturated rings. The molecule has 0 unspecified atom stereocenters. The number of methoxy groups -OCH3 is 1. The minimum atomic E-state index is -0.404. The molecule has 4 rings (SSSR count). The summed E-state index contributed by atoms with van der Waals surface area (Å²) in [7, 11) is 1.34. The van der Waals surface area contributed by atoms with Crippen molar-refractivity contribution < 1.29 is 18.7 Å². The normalized spacial score (nSPS) is 10.8. The van der Waals surface area contributed by atoms with Crippen LogP contribution in [0.25, 0.3) is 22.8 Å². The van der Waals surface area contributed by atoms with Gasteiger partial charge in [0.1, 0.15) is 16.3 Å². The van der Waals surface area contributed by atoms with Crippen LogP contribution in [0.15, 0.2) is 57.8 Å². The second-order valence-electron chi connectivity index (χ2n) is 5.25. The molecule has 0 saturated carbocycles. The van der Waals surface area contributed by atoms with Crippen molar-refractivity contribution in [2.24, 2.45) is 0 Å². The molecule has 0 bridgehead atoms. The number of nitrogens with zero attached hydrogens (tertiary/aromatic N) is 2. The van der Waals surface area contributed by atoms with Crippen molar-refractivity contribution in [3.05, 3.63) is 63.1 Å². The van der Waals surface area contributed by atoms with Crippen LogP contribution in [-0.4, -0.2) is 28.8 Å². The van der Waals surface area contributed by atoms with Gasteiger partial charge in [-0.15, -0.1) is 22.7 Å². The summed E-state index contributed by atoms with van der Waals surface area (Å²) in [6.45, 7) is 0. The highest BCUT2D eigenvalue weighted by atomic mass is 32.1. The number of hydrogen-bond donors (Lipinski definition) is 0. The molecule has 8 heteroatoms. The SMILES string of the molecule is COC(=O)c1sccc1-c1ccc(-c2ccn(C(=O)c3cccs3)n2)o1. The standard InChI is InChI=1S/C18H12N2O4S2/c1-23-18(22)16-11(7-10-26-16)13-4-5-14(24-13)12-6-8-20(19-12)17(21)15-3-2-9-25-15/h2-10H,1H3. The van der Waals surface area contributed by atoms with Gasteiger partial charge < -0.3 is 9.15 Å². The van der Waals surface area contributed by atoms with E-state index in [1.807, 2.05) is 11.4 Å². The van der Waals surface area contributed by atoms with Gasteiger partial charge in [-0.3, -0.25) is 4.79 Å². The monoisotopic (exact) mass is 384 g/mol. The zero-order valence-corrected chi connectivity index (χ0v) is 15.2. The summed E-state index contributed by atoms with van der Waals surface area (Å²) in [5, 5.41) is 7.94. The summed E-state index contributed by atoms with van der Waals surface area (Å²) in [6.07, 6.45) is 1.60. The van der Waals surface area contributed by atoms with Crippen LogP contribution in [0.3, 0.4) is 0 Å². The molecule has 0 aliphatic carbocycles. The van der Waals surface area contributed by atoms with Crippen molar-refractivity contribution in [1.29, 1.82) is 0 Å². The number of carbonyl (C=O) groups excluding carboxylic acids is 2. The van der Waals surface area contributed by atoms with Crippen LogP contribution >= 0.6 is 22.7 Å². The van der Waals surface area contributed by atoms with Crippen LogP contribution in [-0.2, 0) is 4.74 Å². The Morgan fingerprint density at radius 2 is 1.92 bits per heavy atom. The van der Waals surface area contributed by atoms with Gasteiger partial charge in [0.25, 0.3) is 5.91 Å². The first kappa shape index (κ1) is 16.5. The number of rotatable bonds is 4. The average Bonchev–Trinajstić information content (AvgIpc) is 3.45. The van der Waals surface area contributed by atoms with Crippen molar-refractivity contribution in [1.82, 2.24) is 9.78 Å². The summed E-state index contributed by atoms with van der Waals surface area (Å²) < 4.78 is 11.9. The largest absolute Gasteiger partial charge is 0.465 e. The highest BCUT2D eigenvalue weighted by molar-refractivity contribution is 7.12.